The SMILES string of the molecule is COc1cc(C)c(N(C)C(C)C(=O)O)cc1C. The zero-order valence-corrected chi connectivity index (χ0v) is 10.9. The number of aryl methyl sites for hydroxylation is 2. The molecule has 0 radical (unpaired) electrons. The van der Waals surface area contributed by atoms with Crippen LogP contribution in [0, 0.1) is 13.8 Å². The highest BCUT2D eigenvalue weighted by Gasteiger charge is 2.19. The number of anilines is 1. The van der Waals surface area contributed by atoms with Crippen LogP contribution in [-0.4, -0.2) is 31.3 Å². The van der Waals surface area contributed by atoms with Gasteiger partial charge in [-0.3, -0.25) is 0 Å². The molecule has 1 unspecified atom stereocenters. The van der Waals surface area contributed by atoms with Crippen LogP contribution in [0.4, 0.5) is 5.69 Å². The summed E-state index contributed by atoms with van der Waals surface area (Å²) in [4.78, 5) is 12.7. The predicted molar refractivity (Wildman–Crippen MR) is 68.0 cm³/mol. The minimum atomic E-state index is -0.833. The van der Waals surface area contributed by atoms with E-state index in [1.165, 1.54) is 0 Å². The summed E-state index contributed by atoms with van der Waals surface area (Å²) in [5.74, 6) is -0.0111. The van der Waals surface area contributed by atoms with E-state index in [2.05, 4.69) is 0 Å². The average Bonchev–Trinajstić information content (AvgIpc) is 2.29. The molecule has 94 valence electrons. The second-order valence-corrected chi connectivity index (χ2v) is 4.23. The molecule has 4 heteroatoms. The number of ether oxygens (including phenoxy) is 1. The van der Waals surface area contributed by atoms with Crippen LogP contribution in [0.25, 0.3) is 0 Å². The fraction of sp³-hybridized carbons (Fsp3) is 0.462. The number of hydrogen-bond donors (Lipinski definition) is 1. The average molecular weight is 237 g/mol. The number of carbonyl (C=O) groups is 1. The van der Waals surface area contributed by atoms with Crippen molar-refractivity contribution in [2.75, 3.05) is 19.1 Å². The molecule has 0 aliphatic heterocycles. The van der Waals surface area contributed by atoms with Gasteiger partial charge in [-0.1, -0.05) is 0 Å². The van der Waals surface area contributed by atoms with Crippen molar-refractivity contribution in [1.82, 2.24) is 0 Å². The largest absolute Gasteiger partial charge is 0.496 e. The molecule has 0 aliphatic carbocycles. The van der Waals surface area contributed by atoms with E-state index in [4.69, 9.17) is 9.84 Å². The van der Waals surface area contributed by atoms with Crippen molar-refractivity contribution in [2.45, 2.75) is 26.8 Å². The number of rotatable bonds is 4. The predicted octanol–water partition coefficient (Wildman–Crippen LogP) is 2.22. The summed E-state index contributed by atoms with van der Waals surface area (Å²) in [6.07, 6.45) is 0. The highest BCUT2D eigenvalue weighted by Crippen LogP contribution is 2.28. The summed E-state index contributed by atoms with van der Waals surface area (Å²) < 4.78 is 5.23. The van der Waals surface area contributed by atoms with Gasteiger partial charge in [0.1, 0.15) is 11.8 Å². The van der Waals surface area contributed by atoms with E-state index in [1.807, 2.05) is 26.0 Å². The zero-order chi connectivity index (χ0) is 13.2. The third-order valence-electron chi connectivity index (χ3n) is 3.03. The highest BCUT2D eigenvalue weighted by molar-refractivity contribution is 5.78. The lowest BCUT2D eigenvalue weighted by Crippen LogP contribution is -2.36. The first-order valence-electron chi connectivity index (χ1n) is 5.49. The molecule has 1 aromatic rings. The lowest BCUT2D eigenvalue weighted by molar-refractivity contribution is -0.138. The molecule has 0 aliphatic rings. The van der Waals surface area contributed by atoms with Crippen LogP contribution in [0.15, 0.2) is 12.1 Å². The van der Waals surface area contributed by atoms with Crippen molar-refractivity contribution in [1.29, 1.82) is 0 Å². The third-order valence-corrected chi connectivity index (χ3v) is 3.03. The van der Waals surface area contributed by atoms with Crippen molar-refractivity contribution < 1.29 is 14.6 Å². The Hall–Kier alpha value is -1.71. The molecule has 1 atom stereocenters. The summed E-state index contributed by atoms with van der Waals surface area (Å²) in [5.41, 5.74) is 2.92. The van der Waals surface area contributed by atoms with Gasteiger partial charge in [0.15, 0.2) is 0 Å². The van der Waals surface area contributed by atoms with Crippen LogP contribution >= 0.6 is 0 Å². The van der Waals surface area contributed by atoms with E-state index in [9.17, 15) is 4.79 Å². The number of methoxy groups -OCH3 is 1. The Balaban J connectivity index is 3.14. The quantitative estimate of drug-likeness (QED) is 0.872. The molecule has 0 heterocycles. The normalized spacial score (nSPS) is 12.1. The molecule has 1 N–H and O–H groups in total. The second kappa shape index (κ2) is 5.08. The Morgan fingerprint density at radius 3 is 2.41 bits per heavy atom. The fourth-order valence-corrected chi connectivity index (χ4v) is 1.75. The fourth-order valence-electron chi connectivity index (χ4n) is 1.75. The third kappa shape index (κ3) is 2.70. The van der Waals surface area contributed by atoms with E-state index >= 15 is 0 Å². The van der Waals surface area contributed by atoms with Gasteiger partial charge in [0.2, 0.25) is 0 Å². The van der Waals surface area contributed by atoms with Crippen molar-refractivity contribution >= 4 is 11.7 Å². The van der Waals surface area contributed by atoms with E-state index in [-0.39, 0.29) is 0 Å². The van der Waals surface area contributed by atoms with E-state index in [0.717, 1.165) is 22.6 Å². The summed E-state index contributed by atoms with van der Waals surface area (Å²) >= 11 is 0. The minimum Gasteiger partial charge on any atom is -0.496 e. The van der Waals surface area contributed by atoms with Gasteiger partial charge in [-0.25, -0.2) is 4.79 Å². The monoisotopic (exact) mass is 237 g/mol. The number of likely N-dealkylation sites (N-methyl/N-ethyl adjacent to an activating group) is 1. The summed E-state index contributed by atoms with van der Waals surface area (Å²) in [6.45, 7) is 5.56. The number of carboxylic acid groups (broad SMARTS) is 1. The van der Waals surface area contributed by atoms with Crippen molar-refractivity contribution in [3.8, 4) is 5.75 Å². The first-order valence-corrected chi connectivity index (χ1v) is 5.49. The number of aliphatic carboxylic acids is 1. The highest BCUT2D eigenvalue weighted by atomic mass is 16.5. The molecule has 0 fully saturated rings. The van der Waals surface area contributed by atoms with Crippen LogP contribution in [0.2, 0.25) is 0 Å². The first kappa shape index (κ1) is 13.4. The van der Waals surface area contributed by atoms with Gasteiger partial charge >= 0.3 is 5.97 Å². The van der Waals surface area contributed by atoms with Gasteiger partial charge in [-0.2, -0.15) is 0 Å². The standard InChI is InChI=1S/C13H19NO3/c1-8-7-12(17-5)9(2)6-11(8)14(4)10(3)13(15)16/h6-7,10H,1-5H3,(H,15,16). The van der Waals surface area contributed by atoms with Gasteiger partial charge < -0.3 is 14.7 Å². The number of benzene rings is 1. The lowest BCUT2D eigenvalue weighted by atomic mass is 10.1. The molecular weight excluding hydrogens is 218 g/mol. The van der Waals surface area contributed by atoms with Crippen LogP contribution in [0.5, 0.6) is 5.75 Å². The Labute approximate surface area is 102 Å². The van der Waals surface area contributed by atoms with E-state index in [0.29, 0.717) is 0 Å². The van der Waals surface area contributed by atoms with E-state index in [1.54, 1.807) is 26.0 Å². The zero-order valence-electron chi connectivity index (χ0n) is 10.9. The maximum Gasteiger partial charge on any atom is 0.326 e. The molecule has 1 aromatic carbocycles. The van der Waals surface area contributed by atoms with Crippen LogP contribution in [-0.2, 0) is 4.79 Å². The van der Waals surface area contributed by atoms with Gasteiger partial charge in [0, 0.05) is 12.7 Å². The van der Waals surface area contributed by atoms with Crippen LogP contribution < -0.4 is 9.64 Å². The van der Waals surface area contributed by atoms with Crippen LogP contribution in [0.3, 0.4) is 0 Å². The van der Waals surface area contributed by atoms with Gasteiger partial charge in [-0.05, 0) is 44.0 Å². The van der Waals surface area contributed by atoms with Crippen molar-refractivity contribution in [3.05, 3.63) is 23.3 Å². The van der Waals surface area contributed by atoms with E-state index < -0.39 is 12.0 Å². The van der Waals surface area contributed by atoms with Crippen molar-refractivity contribution in [2.24, 2.45) is 0 Å². The summed E-state index contributed by atoms with van der Waals surface area (Å²) in [6, 6.07) is 3.32. The molecule has 0 bridgehead atoms. The van der Waals surface area contributed by atoms with Gasteiger partial charge in [0.25, 0.3) is 0 Å². The molecular formula is C13H19NO3. The maximum absolute atomic E-state index is 11.0. The van der Waals surface area contributed by atoms with Crippen LogP contribution in [0.1, 0.15) is 18.1 Å². The Kier molecular flexibility index (Phi) is 3.99. The molecule has 0 amide bonds. The topological polar surface area (TPSA) is 49.8 Å². The molecule has 17 heavy (non-hydrogen) atoms. The lowest BCUT2D eigenvalue weighted by Gasteiger charge is -2.26. The Bertz CT molecular complexity index is 429. The van der Waals surface area contributed by atoms with Crippen molar-refractivity contribution in [3.63, 3.8) is 0 Å². The molecule has 0 saturated carbocycles. The van der Waals surface area contributed by atoms with Gasteiger partial charge in [0.05, 0.1) is 7.11 Å². The number of nitrogens with zero attached hydrogens (tertiary/aromatic N) is 1. The molecule has 1 rings (SSSR count). The smallest absolute Gasteiger partial charge is 0.326 e. The molecule has 4 nitrogen and oxygen atoms in total. The number of carboxylic acids is 1. The summed E-state index contributed by atoms with van der Waals surface area (Å²) in [7, 11) is 3.41. The summed E-state index contributed by atoms with van der Waals surface area (Å²) in [5, 5.41) is 9.01. The Morgan fingerprint density at radius 1 is 1.35 bits per heavy atom. The van der Waals surface area contributed by atoms with Gasteiger partial charge in [-0.15, -0.1) is 0 Å². The minimum absolute atomic E-state index is 0.554. The maximum atomic E-state index is 11.0. The molecule has 0 spiro atoms. The number of hydrogen-bond acceptors (Lipinski definition) is 3. The molecule has 0 aromatic heterocycles. The Morgan fingerprint density at radius 2 is 1.94 bits per heavy atom. The molecule has 0 saturated heterocycles. The second-order valence-electron chi connectivity index (χ2n) is 4.23. The first-order chi connectivity index (χ1) is 7.88.